The van der Waals surface area contributed by atoms with Crippen molar-refractivity contribution in [2.45, 2.75) is 13.5 Å². The maximum Gasteiger partial charge on any atom is 0.347 e. The second-order valence-electron chi connectivity index (χ2n) is 2.64. The number of nitrogens with zero attached hydrogens (tertiary/aromatic N) is 1. The number of aromatic carboxylic acids is 1. The normalized spacial score (nSPS) is 10.1. The average Bonchev–Trinajstić information content (AvgIpc) is 2.31. The molecule has 0 aromatic carbocycles. The van der Waals surface area contributed by atoms with Gasteiger partial charge in [-0.3, -0.25) is 14.2 Å². The zero-order valence-corrected chi connectivity index (χ0v) is 8.13. The number of carbonyl (C=O) groups is 2. The smallest absolute Gasteiger partial charge is 0.347 e. The Hall–Kier alpha value is -1.63. The maximum atomic E-state index is 11.2. The van der Waals surface area contributed by atoms with Gasteiger partial charge in [0.15, 0.2) is 0 Å². The highest BCUT2D eigenvalue weighted by atomic mass is 32.1. The molecule has 76 valence electrons. The SMILES string of the molecule is Cc1c(C(=O)O)sc(=O)n1CC(N)=O. The first kappa shape index (κ1) is 10.5. The Morgan fingerprint density at radius 3 is 2.50 bits per heavy atom. The number of rotatable bonds is 3. The number of carboxylic acid groups (broad SMARTS) is 1. The molecule has 1 rings (SSSR count). The third-order valence-electron chi connectivity index (χ3n) is 1.65. The van der Waals surface area contributed by atoms with E-state index in [2.05, 4.69) is 0 Å². The molecule has 0 spiro atoms. The van der Waals surface area contributed by atoms with Gasteiger partial charge in [-0.05, 0) is 6.92 Å². The Kier molecular flexibility index (Phi) is 2.70. The van der Waals surface area contributed by atoms with Crippen molar-refractivity contribution in [2.24, 2.45) is 5.73 Å². The van der Waals surface area contributed by atoms with Crippen LogP contribution in [0.15, 0.2) is 4.79 Å². The number of amides is 1. The van der Waals surface area contributed by atoms with E-state index in [0.29, 0.717) is 11.3 Å². The predicted octanol–water partition coefficient (Wildman–Crippen LogP) is -0.598. The lowest BCUT2D eigenvalue weighted by Gasteiger charge is -1.99. The van der Waals surface area contributed by atoms with Crippen LogP contribution >= 0.6 is 11.3 Å². The van der Waals surface area contributed by atoms with Crippen LogP contribution in [0.2, 0.25) is 0 Å². The number of thiazole rings is 1. The van der Waals surface area contributed by atoms with Crippen LogP contribution in [0.4, 0.5) is 0 Å². The summed E-state index contributed by atoms with van der Waals surface area (Å²) in [6, 6.07) is 0. The molecule has 1 aromatic heterocycles. The number of hydrogen-bond acceptors (Lipinski definition) is 4. The van der Waals surface area contributed by atoms with Crippen LogP contribution in [0, 0.1) is 6.92 Å². The minimum Gasteiger partial charge on any atom is -0.477 e. The molecule has 1 heterocycles. The summed E-state index contributed by atoms with van der Waals surface area (Å²) in [6.45, 7) is 1.18. The van der Waals surface area contributed by atoms with Gasteiger partial charge < -0.3 is 10.8 Å². The summed E-state index contributed by atoms with van der Waals surface area (Å²) in [5.74, 6) is -1.85. The molecule has 1 aromatic rings. The number of aromatic nitrogens is 1. The minimum atomic E-state index is -1.17. The van der Waals surface area contributed by atoms with E-state index in [1.807, 2.05) is 0 Å². The van der Waals surface area contributed by atoms with Gasteiger partial charge in [0, 0.05) is 5.69 Å². The molecule has 0 unspecified atom stereocenters. The van der Waals surface area contributed by atoms with Gasteiger partial charge in [-0.25, -0.2) is 4.79 Å². The zero-order chi connectivity index (χ0) is 10.9. The molecule has 0 saturated heterocycles. The van der Waals surface area contributed by atoms with E-state index in [1.165, 1.54) is 6.92 Å². The summed E-state index contributed by atoms with van der Waals surface area (Å²) < 4.78 is 1.05. The second kappa shape index (κ2) is 3.62. The number of hydrogen-bond donors (Lipinski definition) is 2. The molecule has 7 heteroatoms. The molecule has 0 aliphatic carbocycles. The van der Waals surface area contributed by atoms with Crippen LogP contribution in [-0.4, -0.2) is 21.6 Å². The molecule has 6 nitrogen and oxygen atoms in total. The van der Waals surface area contributed by atoms with Crippen molar-refractivity contribution in [3.63, 3.8) is 0 Å². The fourth-order valence-corrected chi connectivity index (χ4v) is 1.84. The Morgan fingerprint density at radius 1 is 1.57 bits per heavy atom. The Labute approximate surface area is 82.6 Å². The van der Waals surface area contributed by atoms with E-state index in [9.17, 15) is 14.4 Å². The Balaban J connectivity index is 3.25. The van der Waals surface area contributed by atoms with E-state index in [4.69, 9.17) is 10.8 Å². The van der Waals surface area contributed by atoms with E-state index < -0.39 is 16.7 Å². The van der Waals surface area contributed by atoms with E-state index in [1.54, 1.807) is 0 Å². The number of primary amides is 1. The molecule has 0 saturated carbocycles. The van der Waals surface area contributed by atoms with Crippen LogP contribution in [0.5, 0.6) is 0 Å². The van der Waals surface area contributed by atoms with Crippen LogP contribution < -0.4 is 10.6 Å². The van der Waals surface area contributed by atoms with Gasteiger partial charge in [-0.1, -0.05) is 11.3 Å². The van der Waals surface area contributed by atoms with Gasteiger partial charge in [0.25, 0.3) is 0 Å². The summed E-state index contributed by atoms with van der Waals surface area (Å²) in [4.78, 5) is 31.9. The highest BCUT2D eigenvalue weighted by Crippen LogP contribution is 2.10. The molecule has 14 heavy (non-hydrogen) atoms. The lowest BCUT2D eigenvalue weighted by molar-refractivity contribution is -0.118. The summed E-state index contributed by atoms with van der Waals surface area (Å²) in [6.07, 6.45) is 0. The number of carbonyl (C=O) groups excluding carboxylic acids is 1. The van der Waals surface area contributed by atoms with Gasteiger partial charge in [0.05, 0.1) is 0 Å². The fraction of sp³-hybridized carbons (Fsp3) is 0.286. The lowest BCUT2D eigenvalue weighted by Crippen LogP contribution is -2.25. The first-order valence-electron chi connectivity index (χ1n) is 3.65. The summed E-state index contributed by atoms with van der Waals surface area (Å²) in [5, 5.41) is 8.68. The lowest BCUT2D eigenvalue weighted by atomic mass is 10.4. The van der Waals surface area contributed by atoms with Gasteiger partial charge in [0.2, 0.25) is 5.91 Å². The Bertz CT molecular complexity index is 445. The number of nitrogens with two attached hydrogens (primary N) is 1. The van der Waals surface area contributed by atoms with Gasteiger partial charge in [-0.2, -0.15) is 0 Å². The molecule has 0 atom stereocenters. The fourth-order valence-electron chi connectivity index (χ4n) is 1.01. The average molecular weight is 216 g/mol. The molecule has 0 bridgehead atoms. The Morgan fingerprint density at radius 2 is 2.14 bits per heavy atom. The van der Waals surface area contributed by atoms with Gasteiger partial charge in [0.1, 0.15) is 11.4 Å². The van der Waals surface area contributed by atoms with Crippen molar-refractivity contribution in [1.82, 2.24) is 4.57 Å². The molecule has 0 aliphatic heterocycles. The van der Waals surface area contributed by atoms with E-state index >= 15 is 0 Å². The topological polar surface area (TPSA) is 102 Å². The molecular weight excluding hydrogens is 208 g/mol. The van der Waals surface area contributed by atoms with E-state index in [0.717, 1.165) is 4.57 Å². The van der Waals surface area contributed by atoms with Crippen molar-refractivity contribution in [1.29, 1.82) is 0 Å². The molecule has 0 radical (unpaired) electrons. The standard InChI is InChI=1S/C7H8N2O4S/c1-3-5(6(11)12)14-7(13)9(3)2-4(8)10/h2H2,1H3,(H2,8,10)(H,11,12). The van der Waals surface area contributed by atoms with Gasteiger partial charge >= 0.3 is 10.8 Å². The molecule has 0 aliphatic rings. The summed E-state index contributed by atoms with van der Waals surface area (Å²) in [7, 11) is 0. The van der Waals surface area contributed by atoms with Crippen LogP contribution in [-0.2, 0) is 11.3 Å². The first-order valence-corrected chi connectivity index (χ1v) is 4.47. The predicted molar refractivity (Wildman–Crippen MR) is 49.5 cm³/mol. The molecular formula is C7H8N2O4S. The van der Waals surface area contributed by atoms with Crippen molar-refractivity contribution >= 4 is 23.2 Å². The highest BCUT2D eigenvalue weighted by Gasteiger charge is 2.17. The third kappa shape index (κ3) is 1.82. The largest absolute Gasteiger partial charge is 0.477 e. The molecule has 3 N–H and O–H groups in total. The minimum absolute atomic E-state index is 0.0590. The first-order chi connectivity index (χ1) is 6.43. The van der Waals surface area contributed by atoms with Crippen molar-refractivity contribution in [3.05, 3.63) is 20.2 Å². The number of carboxylic acids is 1. The van der Waals surface area contributed by atoms with Crippen LogP contribution in [0.25, 0.3) is 0 Å². The van der Waals surface area contributed by atoms with Crippen molar-refractivity contribution in [2.75, 3.05) is 0 Å². The summed E-state index contributed by atoms with van der Waals surface area (Å²) in [5.41, 5.74) is 5.16. The summed E-state index contributed by atoms with van der Waals surface area (Å²) >= 11 is 0.591. The van der Waals surface area contributed by atoms with Crippen molar-refractivity contribution < 1.29 is 14.7 Å². The molecule has 0 fully saturated rings. The quantitative estimate of drug-likeness (QED) is 0.704. The highest BCUT2D eigenvalue weighted by molar-refractivity contribution is 7.11. The maximum absolute atomic E-state index is 11.2. The zero-order valence-electron chi connectivity index (χ0n) is 7.31. The third-order valence-corrected chi connectivity index (χ3v) is 2.72. The molecule has 1 amide bonds. The van der Waals surface area contributed by atoms with Gasteiger partial charge in [-0.15, -0.1) is 0 Å². The van der Waals surface area contributed by atoms with Crippen LogP contribution in [0.1, 0.15) is 15.4 Å². The van der Waals surface area contributed by atoms with E-state index in [-0.39, 0.29) is 17.1 Å². The van der Waals surface area contributed by atoms with Crippen molar-refractivity contribution in [3.8, 4) is 0 Å². The monoisotopic (exact) mass is 216 g/mol. The van der Waals surface area contributed by atoms with Crippen LogP contribution in [0.3, 0.4) is 0 Å². The second-order valence-corrected chi connectivity index (χ2v) is 3.60.